The van der Waals surface area contributed by atoms with E-state index in [9.17, 15) is 9.59 Å². The predicted molar refractivity (Wildman–Crippen MR) is 106 cm³/mol. The molecule has 2 aromatic rings. The van der Waals surface area contributed by atoms with E-state index in [1.807, 2.05) is 45.9 Å². The van der Waals surface area contributed by atoms with Gasteiger partial charge in [0.25, 0.3) is 5.91 Å². The average molecular weight is 369 g/mol. The van der Waals surface area contributed by atoms with Crippen LogP contribution in [0.3, 0.4) is 0 Å². The number of esters is 1. The van der Waals surface area contributed by atoms with Crippen LogP contribution < -0.4 is 10.1 Å². The average Bonchev–Trinajstić information content (AvgIpc) is 2.59. The van der Waals surface area contributed by atoms with Gasteiger partial charge in [-0.1, -0.05) is 57.2 Å². The van der Waals surface area contributed by atoms with Gasteiger partial charge in [-0.05, 0) is 30.0 Å². The highest BCUT2D eigenvalue weighted by molar-refractivity contribution is 5.97. The number of ether oxygens (including phenoxy) is 2. The van der Waals surface area contributed by atoms with Crippen LogP contribution in [-0.2, 0) is 14.3 Å². The molecule has 0 aromatic heterocycles. The Morgan fingerprint density at radius 1 is 1.07 bits per heavy atom. The van der Waals surface area contributed by atoms with Crippen molar-refractivity contribution in [2.24, 2.45) is 5.41 Å². The van der Waals surface area contributed by atoms with E-state index in [4.69, 9.17) is 9.47 Å². The van der Waals surface area contributed by atoms with Crippen molar-refractivity contribution in [1.82, 2.24) is 0 Å². The molecule has 0 saturated carbocycles. The number of aryl methyl sites for hydroxylation is 1. The lowest BCUT2D eigenvalue weighted by molar-refractivity contribution is -0.156. The predicted octanol–water partition coefficient (Wildman–Crippen LogP) is 4.66. The number of carbonyl (C=O) groups excluding carboxylic acids is 2. The molecule has 0 unspecified atom stereocenters. The molecule has 0 fully saturated rings. The fourth-order valence-electron chi connectivity index (χ4n) is 2.62. The number of nitrogens with one attached hydrogen (secondary N) is 1. The second kappa shape index (κ2) is 8.71. The summed E-state index contributed by atoms with van der Waals surface area (Å²) in [5.74, 6) is -0.295. The Morgan fingerprint density at radius 2 is 1.74 bits per heavy atom. The van der Waals surface area contributed by atoms with Crippen LogP contribution >= 0.6 is 0 Å². The lowest BCUT2D eigenvalue weighted by Gasteiger charge is -2.22. The molecule has 0 radical (unpaired) electrons. The third-order valence-corrected chi connectivity index (χ3v) is 3.88. The molecular weight excluding hydrogens is 342 g/mol. The van der Waals surface area contributed by atoms with Crippen molar-refractivity contribution < 1.29 is 19.1 Å². The third kappa shape index (κ3) is 6.13. The van der Waals surface area contributed by atoms with E-state index in [2.05, 4.69) is 5.32 Å². The standard InChI is InChI=1S/C22H27NO4/c1-15-11-12-18(26-5)17(13-15)23-21(25)20(16-9-7-6-8-10-16)27-19(24)14-22(2,3)4/h6-13,20H,14H2,1-5H3,(H,23,25)/t20-/m0/s1. The highest BCUT2D eigenvalue weighted by atomic mass is 16.5. The van der Waals surface area contributed by atoms with Crippen LogP contribution in [0.4, 0.5) is 5.69 Å². The number of methoxy groups -OCH3 is 1. The van der Waals surface area contributed by atoms with Crippen molar-refractivity contribution in [3.05, 3.63) is 59.7 Å². The smallest absolute Gasteiger partial charge is 0.307 e. The van der Waals surface area contributed by atoms with E-state index in [1.54, 1.807) is 37.4 Å². The number of amides is 1. The van der Waals surface area contributed by atoms with E-state index in [-0.39, 0.29) is 11.8 Å². The van der Waals surface area contributed by atoms with Crippen LogP contribution in [0.1, 0.15) is 44.4 Å². The van der Waals surface area contributed by atoms with Gasteiger partial charge in [0.15, 0.2) is 0 Å². The zero-order chi connectivity index (χ0) is 20.0. The molecule has 2 aromatic carbocycles. The number of hydrogen-bond acceptors (Lipinski definition) is 4. The molecule has 1 amide bonds. The van der Waals surface area contributed by atoms with Crippen LogP contribution in [0.15, 0.2) is 48.5 Å². The zero-order valence-corrected chi connectivity index (χ0v) is 16.5. The molecule has 27 heavy (non-hydrogen) atoms. The summed E-state index contributed by atoms with van der Waals surface area (Å²) in [4.78, 5) is 25.3. The molecule has 2 rings (SSSR count). The second-order valence-corrected chi connectivity index (χ2v) is 7.71. The normalized spacial score (nSPS) is 12.2. The van der Waals surface area contributed by atoms with Gasteiger partial charge in [-0.25, -0.2) is 0 Å². The third-order valence-electron chi connectivity index (χ3n) is 3.88. The quantitative estimate of drug-likeness (QED) is 0.752. The zero-order valence-electron chi connectivity index (χ0n) is 16.5. The number of carbonyl (C=O) groups is 2. The fourth-order valence-corrected chi connectivity index (χ4v) is 2.62. The number of benzene rings is 2. The van der Waals surface area contributed by atoms with Gasteiger partial charge in [-0.3, -0.25) is 9.59 Å². The van der Waals surface area contributed by atoms with Gasteiger partial charge in [-0.15, -0.1) is 0 Å². The Labute approximate surface area is 160 Å². The van der Waals surface area contributed by atoms with Crippen LogP contribution in [0, 0.1) is 12.3 Å². The van der Waals surface area contributed by atoms with Crippen LogP contribution in [0.2, 0.25) is 0 Å². The van der Waals surface area contributed by atoms with Crippen molar-refractivity contribution in [3.8, 4) is 5.75 Å². The molecule has 0 aliphatic heterocycles. The van der Waals surface area contributed by atoms with E-state index in [0.29, 0.717) is 17.0 Å². The van der Waals surface area contributed by atoms with Crippen molar-refractivity contribution >= 4 is 17.6 Å². The molecule has 0 aliphatic rings. The summed E-state index contributed by atoms with van der Waals surface area (Å²) in [5, 5.41) is 2.83. The van der Waals surface area contributed by atoms with Gasteiger partial charge in [0.2, 0.25) is 6.10 Å². The molecule has 5 heteroatoms. The van der Waals surface area contributed by atoms with Gasteiger partial charge < -0.3 is 14.8 Å². The number of rotatable bonds is 6. The highest BCUT2D eigenvalue weighted by Gasteiger charge is 2.27. The minimum Gasteiger partial charge on any atom is -0.495 e. The lowest BCUT2D eigenvalue weighted by atomic mass is 9.92. The van der Waals surface area contributed by atoms with Crippen LogP contribution in [0.25, 0.3) is 0 Å². The van der Waals surface area contributed by atoms with Crippen molar-refractivity contribution in [3.63, 3.8) is 0 Å². The van der Waals surface area contributed by atoms with E-state index >= 15 is 0 Å². The summed E-state index contributed by atoms with van der Waals surface area (Å²) in [5.41, 5.74) is 1.90. The summed E-state index contributed by atoms with van der Waals surface area (Å²) in [6, 6.07) is 14.5. The molecule has 0 bridgehead atoms. The maximum absolute atomic E-state index is 12.9. The molecule has 0 spiro atoms. The molecular formula is C22H27NO4. The highest BCUT2D eigenvalue weighted by Crippen LogP contribution is 2.28. The monoisotopic (exact) mass is 369 g/mol. The largest absolute Gasteiger partial charge is 0.495 e. The summed E-state index contributed by atoms with van der Waals surface area (Å²) >= 11 is 0. The van der Waals surface area contributed by atoms with E-state index < -0.39 is 18.0 Å². The maximum Gasteiger partial charge on any atom is 0.307 e. The summed E-state index contributed by atoms with van der Waals surface area (Å²) < 4.78 is 10.9. The molecule has 1 atom stereocenters. The van der Waals surface area contributed by atoms with Gasteiger partial charge in [0.1, 0.15) is 5.75 Å². The van der Waals surface area contributed by atoms with Gasteiger partial charge >= 0.3 is 5.97 Å². The summed E-state index contributed by atoms with van der Waals surface area (Å²) in [7, 11) is 1.54. The first-order valence-electron chi connectivity index (χ1n) is 8.89. The summed E-state index contributed by atoms with van der Waals surface area (Å²) in [6.07, 6.45) is -0.816. The van der Waals surface area contributed by atoms with Crippen molar-refractivity contribution in [1.29, 1.82) is 0 Å². The minimum atomic E-state index is -1.04. The van der Waals surface area contributed by atoms with Crippen LogP contribution in [0.5, 0.6) is 5.75 Å². The van der Waals surface area contributed by atoms with Gasteiger partial charge in [0, 0.05) is 5.56 Å². The molecule has 144 valence electrons. The van der Waals surface area contributed by atoms with Crippen molar-refractivity contribution in [2.45, 2.75) is 40.2 Å². The first-order valence-corrected chi connectivity index (χ1v) is 8.89. The minimum absolute atomic E-state index is 0.220. The first kappa shape index (κ1) is 20.5. The van der Waals surface area contributed by atoms with E-state index in [0.717, 1.165) is 5.56 Å². The lowest BCUT2D eigenvalue weighted by Crippen LogP contribution is -2.27. The second-order valence-electron chi connectivity index (χ2n) is 7.71. The Bertz CT molecular complexity index is 794. The Kier molecular flexibility index (Phi) is 6.61. The molecule has 0 saturated heterocycles. The Balaban J connectivity index is 2.27. The topological polar surface area (TPSA) is 64.6 Å². The van der Waals surface area contributed by atoms with Crippen LogP contribution in [-0.4, -0.2) is 19.0 Å². The molecule has 5 nitrogen and oxygen atoms in total. The maximum atomic E-state index is 12.9. The first-order chi connectivity index (χ1) is 12.7. The number of anilines is 1. The molecule has 0 aliphatic carbocycles. The molecule has 1 N–H and O–H groups in total. The SMILES string of the molecule is COc1ccc(C)cc1NC(=O)[C@@H](OC(=O)CC(C)(C)C)c1ccccc1. The van der Waals surface area contributed by atoms with Gasteiger partial charge in [0.05, 0.1) is 19.2 Å². The summed E-state index contributed by atoms with van der Waals surface area (Å²) in [6.45, 7) is 7.77. The fraction of sp³-hybridized carbons (Fsp3) is 0.364. The Morgan fingerprint density at radius 3 is 2.33 bits per heavy atom. The van der Waals surface area contributed by atoms with Gasteiger partial charge in [-0.2, -0.15) is 0 Å². The molecule has 0 heterocycles. The van der Waals surface area contributed by atoms with E-state index in [1.165, 1.54) is 0 Å². The number of hydrogen-bond donors (Lipinski definition) is 1. The Hall–Kier alpha value is -2.82. The van der Waals surface area contributed by atoms with Crippen molar-refractivity contribution in [2.75, 3.05) is 12.4 Å².